The minimum absolute atomic E-state index is 0.0690. The van der Waals surface area contributed by atoms with E-state index in [9.17, 15) is 22.4 Å². The maximum Gasteiger partial charge on any atom is 0.408 e. The van der Waals surface area contributed by atoms with Gasteiger partial charge in [0.1, 0.15) is 41.6 Å². The van der Waals surface area contributed by atoms with Crippen LogP contribution in [0.2, 0.25) is 5.02 Å². The third-order valence-electron chi connectivity index (χ3n) is 10.4. The zero-order valence-electron chi connectivity index (χ0n) is 34.5. The number of piperazine rings is 1. The molecule has 1 saturated heterocycles. The van der Waals surface area contributed by atoms with Crippen molar-refractivity contribution < 1.29 is 50.1 Å². The number of hydrogen-bond acceptors (Lipinski definition) is 12. The smallest absolute Gasteiger partial charge is 0.408 e. The molecular formula is C41H42B2ClF5N6O6S. The lowest BCUT2D eigenvalue weighted by Crippen LogP contribution is -2.45. The first kappa shape index (κ1) is 44.9. The Labute approximate surface area is 364 Å². The quantitative estimate of drug-likeness (QED) is 0.0596. The molecular weight excluding hydrogens is 857 g/mol. The van der Waals surface area contributed by atoms with Gasteiger partial charge in [-0.25, -0.2) is 19.2 Å². The number of nitrogens with zero attached hydrogens (tertiary/aromatic N) is 6. The molecule has 21 heteroatoms. The summed E-state index contributed by atoms with van der Waals surface area (Å²) < 4.78 is 102. The second kappa shape index (κ2) is 18.7. The summed E-state index contributed by atoms with van der Waals surface area (Å²) in [5.74, 6) is -0.754. The van der Waals surface area contributed by atoms with Gasteiger partial charge in [0.15, 0.2) is 21.9 Å². The Balaban J connectivity index is 1.25. The number of carbonyl (C=O) groups excluding carboxylic acids is 1. The molecule has 6 aromatic rings. The third kappa shape index (κ3) is 9.88. The third-order valence-corrected chi connectivity index (χ3v) is 12.0. The molecule has 2 unspecified atom stereocenters. The van der Waals surface area contributed by atoms with Gasteiger partial charge in [0, 0.05) is 56.1 Å². The van der Waals surface area contributed by atoms with Crippen LogP contribution in [0.1, 0.15) is 29.9 Å². The van der Waals surface area contributed by atoms with E-state index >= 15 is 4.39 Å². The lowest BCUT2D eigenvalue weighted by Gasteiger charge is -2.32. The van der Waals surface area contributed by atoms with Crippen LogP contribution in [0.25, 0.3) is 32.0 Å². The number of rotatable bonds is 16. The molecule has 12 nitrogen and oxygen atoms in total. The van der Waals surface area contributed by atoms with Gasteiger partial charge < -0.3 is 28.3 Å². The van der Waals surface area contributed by atoms with Gasteiger partial charge in [-0.1, -0.05) is 35.9 Å². The van der Waals surface area contributed by atoms with E-state index in [2.05, 4.69) is 31.9 Å². The van der Waals surface area contributed by atoms with E-state index in [0.29, 0.717) is 50.3 Å². The SMILES string of the molecule is BC(B)(Oc1ccccc1C(F)C(Oc1ncnc2sc(-c3ccc(F)o3)c(-c3ccc(OCCN4CCN(C)CC4)c(Cl)c3C)c12)C(=O)OCC)c1ccnn1CC(F)(F)F. The zero-order chi connectivity index (χ0) is 44.3. The molecule has 1 fully saturated rings. The maximum atomic E-state index is 17.2. The van der Waals surface area contributed by atoms with Gasteiger partial charge in [-0.15, -0.1) is 11.3 Å². The Kier molecular flexibility index (Phi) is 13.5. The van der Waals surface area contributed by atoms with Crippen molar-refractivity contribution in [1.29, 1.82) is 0 Å². The Morgan fingerprint density at radius 3 is 2.50 bits per heavy atom. The molecule has 5 heterocycles. The van der Waals surface area contributed by atoms with Crippen molar-refractivity contribution in [2.75, 3.05) is 53.0 Å². The van der Waals surface area contributed by atoms with E-state index in [1.54, 1.807) is 32.0 Å². The predicted octanol–water partition coefficient (Wildman–Crippen LogP) is 6.58. The largest absolute Gasteiger partial charge is 0.499 e. The predicted molar refractivity (Wildman–Crippen MR) is 229 cm³/mol. The fourth-order valence-corrected chi connectivity index (χ4v) is 8.59. The summed E-state index contributed by atoms with van der Waals surface area (Å²) in [6.07, 6.45) is -6.44. The standard InChI is InChI=1S/C41H42B2ClF5N6O6S/c1-4-57-39(56)35(34(46)25-7-5-6-8-26(25)61-41(42,43)29-13-14-52-55(29)21-40(47,48)49)60-37-32-31(36(28-11-12-30(45)59-28)62-38(32)51-22-50-37)24-9-10-27(33(44)23(24)2)58-20-19-54-17-15-53(3)16-18-54/h5-14,22,34-35H,4,15-21,42-43H2,1-3H3. The number of thiophene rings is 1. The van der Waals surface area contributed by atoms with Crippen LogP contribution in [-0.4, -0.2) is 116 Å². The van der Waals surface area contributed by atoms with Crippen LogP contribution in [0.3, 0.4) is 0 Å². The number of alkyl halides is 4. The van der Waals surface area contributed by atoms with Crippen molar-refractivity contribution in [2.24, 2.45) is 0 Å². The Morgan fingerprint density at radius 1 is 1.03 bits per heavy atom. The summed E-state index contributed by atoms with van der Waals surface area (Å²) in [6, 6.07) is 12.5. The van der Waals surface area contributed by atoms with Crippen molar-refractivity contribution in [1.82, 2.24) is 29.5 Å². The van der Waals surface area contributed by atoms with Crippen molar-refractivity contribution in [2.45, 2.75) is 44.2 Å². The highest BCUT2D eigenvalue weighted by Gasteiger charge is 2.39. The summed E-state index contributed by atoms with van der Waals surface area (Å²) >= 11 is 8.11. The highest BCUT2D eigenvalue weighted by Crippen LogP contribution is 2.50. The van der Waals surface area contributed by atoms with Crippen LogP contribution in [0.15, 0.2) is 71.5 Å². The molecule has 0 N–H and O–H groups in total. The van der Waals surface area contributed by atoms with E-state index in [1.807, 2.05) is 0 Å². The van der Waals surface area contributed by atoms with Crippen molar-refractivity contribution >= 4 is 54.8 Å². The molecule has 0 spiro atoms. The molecule has 0 saturated carbocycles. The van der Waals surface area contributed by atoms with Gasteiger partial charge in [-0.05, 0) is 56.3 Å². The first-order valence-electron chi connectivity index (χ1n) is 19.7. The van der Waals surface area contributed by atoms with Crippen molar-refractivity contribution in [3.8, 4) is 39.1 Å². The lowest BCUT2D eigenvalue weighted by atomic mass is 9.63. The van der Waals surface area contributed by atoms with Crippen LogP contribution < -0.4 is 14.2 Å². The van der Waals surface area contributed by atoms with Crippen molar-refractivity contribution in [3.05, 3.63) is 95.0 Å². The molecule has 0 amide bonds. The second-order valence-corrected chi connectivity index (χ2v) is 16.5. The number of hydrogen-bond donors (Lipinski definition) is 0. The number of esters is 1. The lowest BCUT2D eigenvalue weighted by molar-refractivity contribution is -0.155. The molecule has 7 rings (SSSR count). The average Bonchev–Trinajstić information content (AvgIpc) is 3.98. The molecule has 326 valence electrons. The van der Waals surface area contributed by atoms with E-state index in [1.165, 1.54) is 64.6 Å². The molecule has 62 heavy (non-hydrogen) atoms. The van der Waals surface area contributed by atoms with Gasteiger partial charge in [0.2, 0.25) is 12.0 Å². The summed E-state index contributed by atoms with van der Waals surface area (Å²) in [4.78, 5) is 27.9. The summed E-state index contributed by atoms with van der Waals surface area (Å²) in [5, 5.41) is 2.92. The maximum absolute atomic E-state index is 17.2. The molecule has 4 aromatic heterocycles. The number of fused-ring (bicyclic) bond motifs is 1. The number of likely N-dealkylation sites (N-methyl/N-ethyl adjacent to an activating group) is 1. The van der Waals surface area contributed by atoms with E-state index in [4.69, 9.17) is 35.0 Å². The minimum Gasteiger partial charge on any atom is -0.499 e. The molecule has 0 bridgehead atoms. The van der Waals surface area contributed by atoms with E-state index in [0.717, 1.165) is 42.2 Å². The Hall–Kier alpha value is -5.17. The first-order chi connectivity index (χ1) is 29.5. The highest BCUT2D eigenvalue weighted by molar-refractivity contribution is 7.22. The number of halogens is 6. The van der Waals surface area contributed by atoms with Gasteiger partial charge in [0.25, 0.3) is 6.01 Å². The monoisotopic (exact) mass is 898 g/mol. The number of para-hydroxylation sites is 1. The van der Waals surface area contributed by atoms with Gasteiger partial charge in [-0.2, -0.15) is 22.7 Å². The molecule has 1 aliphatic rings. The van der Waals surface area contributed by atoms with Crippen LogP contribution in [0.5, 0.6) is 17.4 Å². The summed E-state index contributed by atoms with van der Waals surface area (Å²) in [5.41, 5.74) is 1.46. The van der Waals surface area contributed by atoms with E-state index < -0.39 is 42.4 Å². The zero-order valence-corrected chi connectivity index (χ0v) is 36.0. The van der Waals surface area contributed by atoms with Crippen LogP contribution in [0.4, 0.5) is 22.0 Å². The summed E-state index contributed by atoms with van der Waals surface area (Å²) in [6.45, 7) is 6.76. The molecule has 1 aliphatic heterocycles. The molecule has 2 aromatic carbocycles. The van der Waals surface area contributed by atoms with Crippen LogP contribution >= 0.6 is 22.9 Å². The molecule has 0 aliphatic carbocycles. The van der Waals surface area contributed by atoms with Crippen molar-refractivity contribution in [3.63, 3.8) is 0 Å². The van der Waals surface area contributed by atoms with Crippen LogP contribution in [0, 0.1) is 12.9 Å². The normalized spacial score (nSPS) is 15.1. The number of carbonyl (C=O) groups is 1. The second-order valence-electron chi connectivity index (χ2n) is 15.1. The Bertz CT molecular complexity index is 2530. The average molecular weight is 899 g/mol. The van der Waals surface area contributed by atoms with Gasteiger partial charge in [0.05, 0.1) is 33.0 Å². The van der Waals surface area contributed by atoms with E-state index in [-0.39, 0.29) is 40.6 Å². The fourth-order valence-electron chi connectivity index (χ4n) is 7.27. The van der Waals surface area contributed by atoms with Gasteiger partial charge >= 0.3 is 12.1 Å². The number of aromatic nitrogens is 4. The molecule has 2 atom stereocenters. The Morgan fingerprint density at radius 2 is 1.79 bits per heavy atom. The molecule has 0 radical (unpaired) electrons. The van der Waals surface area contributed by atoms with Crippen LogP contribution in [-0.2, 0) is 21.5 Å². The fraction of sp³-hybridized carbons (Fsp3) is 0.366. The minimum atomic E-state index is -4.57. The highest BCUT2D eigenvalue weighted by atomic mass is 35.5. The number of ether oxygens (including phenoxy) is 4. The van der Waals surface area contributed by atoms with Gasteiger partial charge in [-0.3, -0.25) is 9.58 Å². The topological polar surface area (TPSA) is 117 Å². The number of benzene rings is 2. The first-order valence-corrected chi connectivity index (χ1v) is 20.9. The number of furan rings is 1. The summed E-state index contributed by atoms with van der Waals surface area (Å²) in [7, 11) is 5.12.